The third-order valence-corrected chi connectivity index (χ3v) is 2.08. The number of carbonyl (C=O) groups excluding carboxylic acids is 1. The lowest BCUT2D eigenvalue weighted by molar-refractivity contribution is -0.127. The first-order valence-electron chi connectivity index (χ1n) is 4.63. The molecule has 0 atom stereocenters. The number of rotatable bonds is 3. The molecule has 0 radical (unpaired) electrons. The summed E-state index contributed by atoms with van der Waals surface area (Å²) in [6.45, 7) is 0.332. The van der Waals surface area contributed by atoms with E-state index in [2.05, 4.69) is 4.98 Å². The van der Waals surface area contributed by atoms with Crippen LogP contribution in [0.15, 0.2) is 18.3 Å². The number of nitrogens with zero attached hydrogens (tertiary/aromatic N) is 3. The number of hydrogen-bond acceptors (Lipinski definition) is 4. The van der Waals surface area contributed by atoms with Crippen LogP contribution in [0.1, 0.15) is 0 Å². The maximum atomic E-state index is 11.4. The van der Waals surface area contributed by atoms with Gasteiger partial charge in [0.1, 0.15) is 5.82 Å². The number of nitrogen functional groups attached to an aromatic ring is 1. The summed E-state index contributed by atoms with van der Waals surface area (Å²) < 4.78 is 0. The number of hydrogen-bond donors (Lipinski definition) is 1. The van der Waals surface area contributed by atoms with Crippen molar-refractivity contribution in [3.63, 3.8) is 0 Å². The fourth-order valence-electron chi connectivity index (χ4n) is 1.06. The molecule has 0 saturated carbocycles. The Balaban J connectivity index is 2.65. The predicted molar refractivity (Wildman–Crippen MR) is 60.6 cm³/mol. The molecule has 1 rings (SSSR count). The first kappa shape index (κ1) is 11.3. The molecule has 1 amide bonds. The van der Waals surface area contributed by atoms with Crippen molar-refractivity contribution in [2.75, 3.05) is 38.3 Å². The minimum absolute atomic E-state index is 0.0503. The Labute approximate surface area is 89.5 Å². The van der Waals surface area contributed by atoms with Crippen LogP contribution in [-0.2, 0) is 4.79 Å². The summed E-state index contributed by atoms with van der Waals surface area (Å²) in [6, 6.07) is 3.55. The van der Waals surface area contributed by atoms with Gasteiger partial charge in [-0.25, -0.2) is 4.98 Å². The van der Waals surface area contributed by atoms with Gasteiger partial charge >= 0.3 is 0 Å². The molecule has 82 valence electrons. The van der Waals surface area contributed by atoms with Crippen LogP contribution >= 0.6 is 0 Å². The molecule has 5 nitrogen and oxygen atoms in total. The number of pyridine rings is 1. The van der Waals surface area contributed by atoms with Crippen molar-refractivity contribution in [3.8, 4) is 0 Å². The normalized spacial score (nSPS) is 9.80. The number of anilines is 2. The minimum Gasteiger partial charge on any atom is -0.384 e. The van der Waals surface area contributed by atoms with E-state index in [0.717, 1.165) is 5.69 Å². The molecule has 0 fully saturated rings. The second-order valence-electron chi connectivity index (χ2n) is 3.59. The van der Waals surface area contributed by atoms with Crippen LogP contribution in [0, 0.1) is 0 Å². The van der Waals surface area contributed by atoms with Gasteiger partial charge in [0.2, 0.25) is 5.91 Å². The molecule has 0 aliphatic heterocycles. The summed E-state index contributed by atoms with van der Waals surface area (Å²) in [7, 11) is 5.31. The third kappa shape index (κ3) is 3.12. The summed E-state index contributed by atoms with van der Waals surface area (Å²) in [5, 5.41) is 0. The lowest BCUT2D eigenvalue weighted by atomic mass is 10.3. The fraction of sp³-hybridized carbons (Fsp3) is 0.400. The maximum Gasteiger partial charge on any atom is 0.241 e. The van der Waals surface area contributed by atoms with Gasteiger partial charge in [0, 0.05) is 21.1 Å². The van der Waals surface area contributed by atoms with Crippen LogP contribution in [0.25, 0.3) is 0 Å². The van der Waals surface area contributed by atoms with Gasteiger partial charge in [-0.15, -0.1) is 0 Å². The van der Waals surface area contributed by atoms with Crippen LogP contribution < -0.4 is 10.6 Å². The number of aromatic nitrogens is 1. The van der Waals surface area contributed by atoms with Crippen LogP contribution in [-0.4, -0.2) is 43.5 Å². The molecule has 0 aliphatic rings. The molecule has 5 heteroatoms. The van der Waals surface area contributed by atoms with E-state index in [0.29, 0.717) is 12.4 Å². The topological polar surface area (TPSA) is 62.5 Å². The van der Waals surface area contributed by atoms with Crippen molar-refractivity contribution in [2.45, 2.75) is 0 Å². The molecule has 15 heavy (non-hydrogen) atoms. The van der Waals surface area contributed by atoms with Gasteiger partial charge in [0.25, 0.3) is 0 Å². The van der Waals surface area contributed by atoms with E-state index in [-0.39, 0.29) is 5.91 Å². The molecule has 0 aliphatic carbocycles. The van der Waals surface area contributed by atoms with Crippen LogP contribution in [0.2, 0.25) is 0 Å². The number of amides is 1. The molecule has 0 bridgehead atoms. The molecule has 1 heterocycles. The SMILES string of the molecule is CN(C)C(=O)CN(C)c1ccc(N)nc1. The zero-order chi connectivity index (χ0) is 11.4. The average Bonchev–Trinajstić information content (AvgIpc) is 2.18. The van der Waals surface area contributed by atoms with Gasteiger partial charge in [0.15, 0.2) is 0 Å². The van der Waals surface area contributed by atoms with Gasteiger partial charge in [-0.3, -0.25) is 4.79 Å². The Bertz CT molecular complexity index is 334. The van der Waals surface area contributed by atoms with E-state index < -0.39 is 0 Å². The molecular formula is C10H16N4O. The Morgan fingerprint density at radius 2 is 2.07 bits per heavy atom. The minimum atomic E-state index is 0.0503. The first-order chi connectivity index (χ1) is 7.00. The smallest absolute Gasteiger partial charge is 0.241 e. The highest BCUT2D eigenvalue weighted by molar-refractivity contribution is 5.80. The second kappa shape index (κ2) is 4.63. The zero-order valence-electron chi connectivity index (χ0n) is 9.27. The second-order valence-corrected chi connectivity index (χ2v) is 3.59. The van der Waals surface area contributed by atoms with Crippen molar-refractivity contribution in [2.24, 2.45) is 0 Å². The first-order valence-corrected chi connectivity index (χ1v) is 4.63. The Morgan fingerprint density at radius 1 is 1.40 bits per heavy atom. The average molecular weight is 208 g/mol. The van der Waals surface area contributed by atoms with Crippen molar-refractivity contribution in [1.29, 1.82) is 0 Å². The Kier molecular flexibility index (Phi) is 3.49. The number of nitrogens with two attached hydrogens (primary N) is 1. The van der Waals surface area contributed by atoms with Crippen molar-refractivity contribution < 1.29 is 4.79 Å². The largest absolute Gasteiger partial charge is 0.384 e. The molecule has 1 aromatic heterocycles. The summed E-state index contributed by atoms with van der Waals surface area (Å²) >= 11 is 0. The molecule has 0 unspecified atom stereocenters. The van der Waals surface area contributed by atoms with Gasteiger partial charge in [-0.1, -0.05) is 0 Å². The Morgan fingerprint density at radius 3 is 2.53 bits per heavy atom. The lowest BCUT2D eigenvalue weighted by Gasteiger charge is -2.20. The van der Waals surface area contributed by atoms with Gasteiger partial charge in [-0.05, 0) is 12.1 Å². The Hall–Kier alpha value is -1.78. The van der Waals surface area contributed by atoms with Crippen LogP contribution in [0.5, 0.6) is 0 Å². The number of likely N-dealkylation sites (N-methyl/N-ethyl adjacent to an activating group) is 2. The van der Waals surface area contributed by atoms with Gasteiger partial charge in [-0.2, -0.15) is 0 Å². The monoisotopic (exact) mass is 208 g/mol. The van der Waals surface area contributed by atoms with Gasteiger partial charge in [0.05, 0.1) is 18.4 Å². The third-order valence-electron chi connectivity index (χ3n) is 2.08. The van der Waals surface area contributed by atoms with E-state index in [1.807, 2.05) is 18.0 Å². The molecule has 2 N–H and O–H groups in total. The van der Waals surface area contributed by atoms with E-state index in [1.165, 1.54) is 0 Å². The van der Waals surface area contributed by atoms with Crippen molar-refractivity contribution >= 4 is 17.4 Å². The molecular weight excluding hydrogens is 192 g/mol. The van der Waals surface area contributed by atoms with E-state index >= 15 is 0 Å². The molecule has 0 saturated heterocycles. The summed E-state index contributed by atoms with van der Waals surface area (Å²) in [6.07, 6.45) is 1.65. The quantitative estimate of drug-likeness (QED) is 0.770. The fourth-order valence-corrected chi connectivity index (χ4v) is 1.06. The molecule has 1 aromatic rings. The summed E-state index contributed by atoms with van der Waals surface area (Å²) in [5.41, 5.74) is 6.35. The standard InChI is InChI=1S/C10H16N4O/c1-13(2)10(15)7-14(3)8-4-5-9(11)12-6-8/h4-6H,7H2,1-3H3,(H2,11,12). The molecule has 0 spiro atoms. The number of carbonyl (C=O) groups is 1. The van der Waals surface area contributed by atoms with Crippen LogP contribution in [0.3, 0.4) is 0 Å². The highest BCUT2D eigenvalue weighted by Gasteiger charge is 2.08. The van der Waals surface area contributed by atoms with Crippen molar-refractivity contribution in [3.05, 3.63) is 18.3 Å². The zero-order valence-corrected chi connectivity index (χ0v) is 9.27. The van der Waals surface area contributed by atoms with E-state index in [1.54, 1.807) is 31.3 Å². The predicted octanol–water partition coefficient (Wildman–Crippen LogP) is 0.188. The highest BCUT2D eigenvalue weighted by atomic mass is 16.2. The van der Waals surface area contributed by atoms with E-state index in [4.69, 9.17) is 5.73 Å². The summed E-state index contributed by atoms with van der Waals surface area (Å²) in [5.74, 6) is 0.528. The van der Waals surface area contributed by atoms with Gasteiger partial charge < -0.3 is 15.5 Å². The molecule has 0 aromatic carbocycles. The highest BCUT2D eigenvalue weighted by Crippen LogP contribution is 2.11. The van der Waals surface area contributed by atoms with E-state index in [9.17, 15) is 4.79 Å². The van der Waals surface area contributed by atoms with Crippen LogP contribution in [0.4, 0.5) is 11.5 Å². The summed E-state index contributed by atoms with van der Waals surface area (Å²) in [4.78, 5) is 18.8. The maximum absolute atomic E-state index is 11.4. The van der Waals surface area contributed by atoms with Crippen molar-refractivity contribution in [1.82, 2.24) is 9.88 Å². The lowest BCUT2D eigenvalue weighted by Crippen LogP contribution is -2.34.